The number of esters is 1. The van der Waals surface area contributed by atoms with Gasteiger partial charge in [-0.3, -0.25) is 9.59 Å². The highest BCUT2D eigenvalue weighted by atomic mass is 16.5. The molecule has 470 valence electrons. The van der Waals surface area contributed by atoms with E-state index in [-0.39, 0.29) is 18.5 Å². The number of hydrogen-bond acceptors (Lipinski definition) is 5. The van der Waals surface area contributed by atoms with Crippen LogP contribution in [0.4, 0.5) is 0 Å². The van der Waals surface area contributed by atoms with Crippen LogP contribution in [0.25, 0.3) is 0 Å². The minimum atomic E-state index is -0.851. The van der Waals surface area contributed by atoms with E-state index in [1.54, 1.807) is 6.08 Å². The lowest BCUT2D eigenvalue weighted by molar-refractivity contribution is -0.143. The average molecular weight is 1120 g/mol. The number of aliphatic hydroxyl groups is 2. The van der Waals surface area contributed by atoms with Gasteiger partial charge in [0.1, 0.15) is 0 Å². The van der Waals surface area contributed by atoms with Gasteiger partial charge in [0.2, 0.25) is 5.91 Å². The summed E-state index contributed by atoms with van der Waals surface area (Å²) in [5.74, 6) is -0.0675. The second-order valence-corrected chi connectivity index (χ2v) is 24.6. The number of carbonyl (C=O) groups is 2. The summed E-state index contributed by atoms with van der Waals surface area (Å²) in [5.41, 5.74) is 0. The van der Waals surface area contributed by atoms with Gasteiger partial charge in [0, 0.05) is 12.8 Å². The molecule has 6 nitrogen and oxygen atoms in total. The van der Waals surface area contributed by atoms with Crippen LogP contribution in [0, 0.1) is 0 Å². The van der Waals surface area contributed by atoms with E-state index in [1.807, 2.05) is 6.08 Å². The molecule has 0 aromatic rings. The Balaban J connectivity index is 3.44. The van der Waals surface area contributed by atoms with Crippen LogP contribution in [0.3, 0.4) is 0 Å². The Labute approximate surface area is 499 Å². The Hall–Kier alpha value is -2.18. The minimum Gasteiger partial charge on any atom is -0.466 e. The van der Waals surface area contributed by atoms with Crippen molar-refractivity contribution < 1.29 is 24.5 Å². The highest BCUT2D eigenvalue weighted by molar-refractivity contribution is 5.76. The van der Waals surface area contributed by atoms with E-state index in [4.69, 9.17) is 4.74 Å². The summed E-state index contributed by atoms with van der Waals surface area (Å²) in [6.07, 6.45) is 90.4. The molecule has 2 unspecified atom stereocenters. The standard InChI is InChI=1S/C74H139NO5/c1-3-5-7-9-11-13-15-17-19-21-22-23-25-28-31-35-38-42-46-50-54-58-62-66-72(77)71(70-76)75-73(78)67-63-59-55-51-47-43-39-36-32-29-26-24-27-30-33-37-41-45-49-53-57-61-65-69-80-74(79)68-64-60-56-52-48-44-40-34-20-18-16-14-12-10-8-6-4-2/h12,14,18,20,29,32,62,66,71-72,76-77H,3-11,13,15-17,19,21-28,30-31,33-61,63-65,67-70H2,1-2H3,(H,75,78)/b14-12-,20-18-,32-29-,66-62+. The molecule has 0 bridgehead atoms. The van der Waals surface area contributed by atoms with E-state index in [0.717, 1.165) is 57.8 Å². The molecule has 0 rings (SSSR count). The number of ether oxygens (including phenoxy) is 1. The van der Waals surface area contributed by atoms with Gasteiger partial charge in [-0.2, -0.15) is 0 Å². The van der Waals surface area contributed by atoms with Crippen LogP contribution in [0.2, 0.25) is 0 Å². The Bertz CT molecular complexity index is 1340. The predicted octanol–water partition coefficient (Wildman–Crippen LogP) is 23.3. The van der Waals surface area contributed by atoms with Crippen LogP contribution in [0.15, 0.2) is 48.6 Å². The van der Waals surface area contributed by atoms with Gasteiger partial charge in [-0.25, -0.2) is 0 Å². The number of carbonyl (C=O) groups excluding carboxylic acids is 2. The molecule has 0 heterocycles. The number of aliphatic hydroxyl groups excluding tert-OH is 2. The van der Waals surface area contributed by atoms with Gasteiger partial charge in [-0.05, 0) is 89.9 Å². The minimum absolute atomic E-state index is 0.00355. The molecule has 0 aliphatic carbocycles. The number of amides is 1. The SMILES string of the molecule is CCCCC/C=C\C/C=C\CCCCCCCCCC(=O)OCCCCCCCCCCCCCC/C=C\CCCCCCCCCC(=O)NC(CO)C(O)/C=C/CCCCCCCCCCCCCCCCCCCCCCC. The topological polar surface area (TPSA) is 95.9 Å². The molecule has 0 saturated carbocycles. The lowest BCUT2D eigenvalue weighted by atomic mass is 10.0. The maximum atomic E-state index is 12.5. The third-order valence-corrected chi connectivity index (χ3v) is 16.6. The van der Waals surface area contributed by atoms with Crippen molar-refractivity contribution in [2.75, 3.05) is 13.2 Å². The molecular weight excluding hydrogens is 983 g/mol. The summed E-state index contributed by atoms with van der Waals surface area (Å²) in [6.45, 7) is 4.90. The normalized spacial score (nSPS) is 12.8. The molecule has 1 amide bonds. The number of unbranched alkanes of at least 4 members (excludes halogenated alkanes) is 50. The Morgan fingerprint density at radius 3 is 0.988 bits per heavy atom. The predicted molar refractivity (Wildman–Crippen MR) is 352 cm³/mol. The van der Waals surface area contributed by atoms with Gasteiger partial charge in [0.15, 0.2) is 0 Å². The lowest BCUT2D eigenvalue weighted by Crippen LogP contribution is -2.45. The summed E-state index contributed by atoms with van der Waals surface area (Å²) in [7, 11) is 0. The van der Waals surface area contributed by atoms with Crippen LogP contribution < -0.4 is 5.32 Å². The zero-order valence-corrected chi connectivity index (χ0v) is 53.8. The first-order valence-corrected chi connectivity index (χ1v) is 35.9. The van der Waals surface area contributed by atoms with Crippen LogP contribution >= 0.6 is 0 Å². The number of rotatable bonds is 67. The molecule has 6 heteroatoms. The highest BCUT2D eigenvalue weighted by Gasteiger charge is 2.18. The van der Waals surface area contributed by atoms with E-state index in [1.165, 1.54) is 302 Å². The van der Waals surface area contributed by atoms with E-state index in [9.17, 15) is 19.8 Å². The van der Waals surface area contributed by atoms with E-state index < -0.39 is 12.1 Å². The van der Waals surface area contributed by atoms with Crippen LogP contribution in [0.1, 0.15) is 386 Å². The van der Waals surface area contributed by atoms with Gasteiger partial charge < -0.3 is 20.3 Å². The molecule has 80 heavy (non-hydrogen) atoms. The summed E-state index contributed by atoms with van der Waals surface area (Å²) in [5, 5.41) is 23.3. The van der Waals surface area contributed by atoms with Crippen molar-refractivity contribution >= 4 is 11.9 Å². The number of nitrogens with one attached hydrogen (secondary N) is 1. The molecule has 0 aliphatic rings. The van der Waals surface area contributed by atoms with Gasteiger partial charge in [-0.15, -0.1) is 0 Å². The van der Waals surface area contributed by atoms with Gasteiger partial charge >= 0.3 is 5.97 Å². The second-order valence-electron chi connectivity index (χ2n) is 24.6. The Morgan fingerprint density at radius 1 is 0.350 bits per heavy atom. The van der Waals surface area contributed by atoms with Crippen molar-refractivity contribution in [1.82, 2.24) is 5.32 Å². The van der Waals surface area contributed by atoms with Crippen LogP contribution in [0.5, 0.6) is 0 Å². The molecule has 0 aromatic carbocycles. The molecule has 0 aromatic heterocycles. The zero-order valence-electron chi connectivity index (χ0n) is 53.8. The first-order chi connectivity index (χ1) is 39.5. The molecule has 0 saturated heterocycles. The lowest BCUT2D eigenvalue weighted by Gasteiger charge is -2.20. The summed E-state index contributed by atoms with van der Waals surface area (Å²) in [6, 6.07) is -0.635. The second kappa shape index (κ2) is 69.3. The fourth-order valence-electron chi connectivity index (χ4n) is 11.1. The fraction of sp³-hybridized carbons (Fsp3) is 0.865. The van der Waals surface area contributed by atoms with Crippen molar-refractivity contribution in [1.29, 1.82) is 0 Å². The third kappa shape index (κ3) is 65.0. The fourth-order valence-corrected chi connectivity index (χ4v) is 11.1. The Kier molecular flexibility index (Phi) is 67.4. The molecule has 0 spiro atoms. The molecule has 0 fully saturated rings. The van der Waals surface area contributed by atoms with Crippen molar-refractivity contribution in [2.24, 2.45) is 0 Å². The van der Waals surface area contributed by atoms with Crippen molar-refractivity contribution in [2.45, 2.75) is 398 Å². The van der Waals surface area contributed by atoms with Crippen LogP contribution in [-0.4, -0.2) is 47.4 Å². The first kappa shape index (κ1) is 77.8. The summed E-state index contributed by atoms with van der Waals surface area (Å²) < 4.78 is 5.49. The van der Waals surface area contributed by atoms with Gasteiger partial charge in [0.25, 0.3) is 0 Å². The third-order valence-electron chi connectivity index (χ3n) is 16.6. The maximum absolute atomic E-state index is 12.5. The van der Waals surface area contributed by atoms with E-state index in [0.29, 0.717) is 19.4 Å². The largest absolute Gasteiger partial charge is 0.466 e. The molecule has 3 N–H and O–H groups in total. The van der Waals surface area contributed by atoms with Crippen molar-refractivity contribution in [3.63, 3.8) is 0 Å². The molecule has 2 atom stereocenters. The van der Waals surface area contributed by atoms with Crippen LogP contribution in [-0.2, 0) is 14.3 Å². The number of hydrogen-bond donors (Lipinski definition) is 3. The summed E-state index contributed by atoms with van der Waals surface area (Å²) in [4.78, 5) is 24.6. The van der Waals surface area contributed by atoms with E-state index in [2.05, 4.69) is 55.6 Å². The molecule has 0 aliphatic heterocycles. The number of allylic oxidation sites excluding steroid dienone is 7. The average Bonchev–Trinajstić information content (AvgIpc) is 3.46. The van der Waals surface area contributed by atoms with E-state index >= 15 is 0 Å². The maximum Gasteiger partial charge on any atom is 0.305 e. The van der Waals surface area contributed by atoms with Gasteiger partial charge in [0.05, 0.1) is 25.4 Å². The molecular formula is C74H139NO5. The smallest absolute Gasteiger partial charge is 0.305 e. The van der Waals surface area contributed by atoms with Crippen molar-refractivity contribution in [3.8, 4) is 0 Å². The monoisotopic (exact) mass is 1120 g/mol. The van der Waals surface area contributed by atoms with Crippen molar-refractivity contribution in [3.05, 3.63) is 48.6 Å². The zero-order chi connectivity index (χ0) is 57.8. The first-order valence-electron chi connectivity index (χ1n) is 35.9. The summed E-state index contributed by atoms with van der Waals surface area (Å²) >= 11 is 0. The highest BCUT2D eigenvalue weighted by Crippen LogP contribution is 2.18. The Morgan fingerprint density at radius 2 is 0.625 bits per heavy atom. The quantitative estimate of drug-likeness (QED) is 0.0320. The van der Waals surface area contributed by atoms with Gasteiger partial charge in [-0.1, -0.05) is 332 Å². The molecule has 0 radical (unpaired) electrons.